The lowest BCUT2D eigenvalue weighted by molar-refractivity contribution is -0.138. The van der Waals surface area contributed by atoms with Crippen LogP contribution in [0.4, 0.5) is 0 Å². The Morgan fingerprint density at radius 1 is 1.17 bits per heavy atom. The van der Waals surface area contributed by atoms with Crippen molar-refractivity contribution in [2.24, 2.45) is 5.92 Å². The summed E-state index contributed by atoms with van der Waals surface area (Å²) in [4.78, 5) is 26.6. The molecule has 1 saturated carbocycles. The zero-order valence-electron chi connectivity index (χ0n) is 14.1. The number of carbonyl (C=O) groups excluding carboxylic acids is 2. The summed E-state index contributed by atoms with van der Waals surface area (Å²) in [5.74, 6) is 0.582. The third-order valence-electron chi connectivity index (χ3n) is 4.89. The minimum atomic E-state index is -0.255. The van der Waals surface area contributed by atoms with E-state index in [1.165, 1.54) is 0 Å². The standard InChI is InChI=1S/C19H30N2O2/c1-3-5-6-7-8-9-12-18(22)21-13-10-11-17(21)19(23)20-16-14-15(16)4-2/h3-4,15-17H,1-2,5-14H2,(H,20,23)/t15-,16-,17?/m1/s1. The fourth-order valence-electron chi connectivity index (χ4n) is 3.32. The minimum absolute atomic E-state index is 0.0242. The van der Waals surface area contributed by atoms with E-state index < -0.39 is 0 Å². The molecule has 1 N–H and O–H groups in total. The van der Waals surface area contributed by atoms with Gasteiger partial charge in [0, 0.05) is 19.0 Å². The van der Waals surface area contributed by atoms with Crippen molar-refractivity contribution < 1.29 is 9.59 Å². The Morgan fingerprint density at radius 2 is 1.96 bits per heavy atom. The lowest BCUT2D eigenvalue weighted by atomic mass is 10.1. The molecule has 1 saturated heterocycles. The van der Waals surface area contributed by atoms with Crippen LogP contribution in [0.1, 0.15) is 57.8 Å². The fraction of sp³-hybridized carbons (Fsp3) is 0.684. The molecular weight excluding hydrogens is 288 g/mol. The maximum absolute atomic E-state index is 12.4. The quantitative estimate of drug-likeness (QED) is 0.497. The second kappa shape index (κ2) is 8.90. The van der Waals surface area contributed by atoms with Gasteiger partial charge in [-0.15, -0.1) is 13.2 Å². The Hall–Kier alpha value is -1.58. The first-order valence-corrected chi connectivity index (χ1v) is 9.00. The van der Waals surface area contributed by atoms with Crippen LogP contribution < -0.4 is 5.32 Å². The topological polar surface area (TPSA) is 49.4 Å². The lowest BCUT2D eigenvalue weighted by Gasteiger charge is -2.24. The van der Waals surface area contributed by atoms with E-state index in [1.54, 1.807) is 4.90 Å². The average molecular weight is 318 g/mol. The summed E-state index contributed by atoms with van der Waals surface area (Å²) in [6.07, 6.45) is 12.5. The molecular formula is C19H30N2O2. The van der Waals surface area contributed by atoms with Crippen molar-refractivity contribution in [1.29, 1.82) is 0 Å². The van der Waals surface area contributed by atoms with Crippen LogP contribution in [0.25, 0.3) is 0 Å². The van der Waals surface area contributed by atoms with Crippen LogP contribution in [-0.2, 0) is 9.59 Å². The van der Waals surface area contributed by atoms with E-state index in [0.717, 1.165) is 57.9 Å². The van der Waals surface area contributed by atoms with Crippen molar-refractivity contribution in [1.82, 2.24) is 10.2 Å². The average Bonchev–Trinajstić information content (AvgIpc) is 3.10. The highest BCUT2D eigenvalue weighted by Crippen LogP contribution is 2.31. The van der Waals surface area contributed by atoms with E-state index in [0.29, 0.717) is 12.3 Å². The van der Waals surface area contributed by atoms with Crippen LogP contribution in [0, 0.1) is 5.92 Å². The summed E-state index contributed by atoms with van der Waals surface area (Å²) in [6, 6.07) is -0.0169. The number of allylic oxidation sites excluding steroid dienone is 1. The molecule has 1 aliphatic carbocycles. The predicted molar refractivity (Wildman–Crippen MR) is 92.9 cm³/mol. The maximum Gasteiger partial charge on any atom is 0.243 e. The third-order valence-corrected chi connectivity index (χ3v) is 4.89. The number of carbonyl (C=O) groups is 2. The molecule has 1 heterocycles. The van der Waals surface area contributed by atoms with E-state index in [-0.39, 0.29) is 23.9 Å². The fourth-order valence-corrected chi connectivity index (χ4v) is 3.32. The summed E-state index contributed by atoms with van der Waals surface area (Å²) in [5, 5.41) is 3.06. The largest absolute Gasteiger partial charge is 0.351 e. The highest BCUT2D eigenvalue weighted by atomic mass is 16.2. The van der Waals surface area contributed by atoms with Crippen molar-refractivity contribution in [2.45, 2.75) is 69.9 Å². The highest BCUT2D eigenvalue weighted by molar-refractivity contribution is 5.88. The number of nitrogens with one attached hydrogen (secondary N) is 1. The monoisotopic (exact) mass is 318 g/mol. The first kappa shape index (κ1) is 17.8. The van der Waals surface area contributed by atoms with Gasteiger partial charge in [0.2, 0.25) is 11.8 Å². The van der Waals surface area contributed by atoms with Crippen LogP contribution in [0.5, 0.6) is 0 Å². The molecule has 2 amide bonds. The Balaban J connectivity index is 1.70. The van der Waals surface area contributed by atoms with Gasteiger partial charge in [0.05, 0.1) is 0 Å². The zero-order valence-corrected chi connectivity index (χ0v) is 14.1. The van der Waals surface area contributed by atoms with Crippen LogP contribution in [0.3, 0.4) is 0 Å². The molecule has 128 valence electrons. The number of amides is 2. The third kappa shape index (κ3) is 5.22. The second-order valence-electron chi connectivity index (χ2n) is 6.74. The minimum Gasteiger partial charge on any atom is -0.351 e. The Morgan fingerprint density at radius 3 is 2.65 bits per heavy atom. The van der Waals surface area contributed by atoms with Gasteiger partial charge in [-0.1, -0.05) is 25.0 Å². The molecule has 23 heavy (non-hydrogen) atoms. The molecule has 0 bridgehead atoms. The van der Waals surface area contributed by atoms with Gasteiger partial charge in [-0.25, -0.2) is 0 Å². The van der Waals surface area contributed by atoms with Gasteiger partial charge in [0.25, 0.3) is 0 Å². The molecule has 0 aromatic heterocycles. The second-order valence-corrected chi connectivity index (χ2v) is 6.74. The van der Waals surface area contributed by atoms with Crippen molar-refractivity contribution in [3.05, 3.63) is 25.3 Å². The molecule has 0 radical (unpaired) electrons. The normalized spacial score (nSPS) is 25.9. The van der Waals surface area contributed by atoms with Crippen molar-refractivity contribution >= 4 is 11.8 Å². The number of likely N-dealkylation sites (tertiary alicyclic amines) is 1. The SMILES string of the molecule is C=CCCCCCCC(=O)N1CCCC1C(=O)N[C@@H]1C[C@H]1C=C. The number of hydrogen-bond acceptors (Lipinski definition) is 2. The molecule has 2 fully saturated rings. The number of nitrogens with zero attached hydrogens (tertiary/aromatic N) is 1. The lowest BCUT2D eigenvalue weighted by Crippen LogP contribution is -2.46. The summed E-state index contributed by atoms with van der Waals surface area (Å²) in [7, 11) is 0. The number of rotatable bonds is 10. The smallest absolute Gasteiger partial charge is 0.243 e. The van der Waals surface area contributed by atoms with Crippen molar-refractivity contribution in [3.63, 3.8) is 0 Å². The molecule has 4 nitrogen and oxygen atoms in total. The van der Waals surface area contributed by atoms with E-state index in [2.05, 4.69) is 18.5 Å². The van der Waals surface area contributed by atoms with Gasteiger partial charge < -0.3 is 10.2 Å². The van der Waals surface area contributed by atoms with Gasteiger partial charge in [-0.05, 0) is 44.4 Å². The van der Waals surface area contributed by atoms with E-state index in [1.807, 2.05) is 12.2 Å². The van der Waals surface area contributed by atoms with Gasteiger partial charge >= 0.3 is 0 Å². The van der Waals surface area contributed by atoms with Gasteiger partial charge in [0.1, 0.15) is 6.04 Å². The molecule has 0 aromatic carbocycles. The Kier molecular flexibility index (Phi) is 6.87. The van der Waals surface area contributed by atoms with Crippen molar-refractivity contribution in [3.8, 4) is 0 Å². The van der Waals surface area contributed by atoms with E-state index in [9.17, 15) is 9.59 Å². The van der Waals surface area contributed by atoms with Crippen molar-refractivity contribution in [2.75, 3.05) is 6.54 Å². The summed E-state index contributed by atoms with van der Waals surface area (Å²) in [6.45, 7) is 8.20. The van der Waals surface area contributed by atoms with Crippen LogP contribution >= 0.6 is 0 Å². The molecule has 1 unspecified atom stereocenters. The molecule has 2 aliphatic rings. The molecule has 0 spiro atoms. The molecule has 0 aromatic rings. The summed E-state index contributed by atoms with van der Waals surface area (Å²) >= 11 is 0. The van der Waals surface area contributed by atoms with Crippen LogP contribution in [0.2, 0.25) is 0 Å². The Labute approximate surface area is 140 Å². The zero-order chi connectivity index (χ0) is 16.7. The van der Waals surface area contributed by atoms with Gasteiger partial charge in [-0.2, -0.15) is 0 Å². The van der Waals surface area contributed by atoms with Gasteiger partial charge in [0.15, 0.2) is 0 Å². The highest BCUT2D eigenvalue weighted by Gasteiger charge is 2.40. The first-order chi connectivity index (χ1) is 11.2. The van der Waals surface area contributed by atoms with Crippen LogP contribution in [-0.4, -0.2) is 35.3 Å². The molecule has 2 rings (SSSR count). The first-order valence-electron chi connectivity index (χ1n) is 9.00. The number of unbranched alkanes of at least 4 members (excludes halogenated alkanes) is 4. The molecule has 1 aliphatic heterocycles. The van der Waals surface area contributed by atoms with Crippen LogP contribution in [0.15, 0.2) is 25.3 Å². The molecule has 4 heteroatoms. The van der Waals surface area contributed by atoms with E-state index >= 15 is 0 Å². The van der Waals surface area contributed by atoms with Gasteiger partial charge in [-0.3, -0.25) is 9.59 Å². The maximum atomic E-state index is 12.4. The summed E-state index contributed by atoms with van der Waals surface area (Å²) < 4.78 is 0. The van der Waals surface area contributed by atoms with E-state index in [4.69, 9.17) is 0 Å². The number of hydrogen-bond donors (Lipinski definition) is 1. The Bertz CT molecular complexity index is 447. The summed E-state index contributed by atoms with van der Waals surface area (Å²) in [5.41, 5.74) is 0. The molecule has 3 atom stereocenters. The predicted octanol–water partition coefficient (Wildman–Crippen LogP) is 3.19.